The van der Waals surface area contributed by atoms with Crippen molar-refractivity contribution in [2.75, 3.05) is 31.6 Å². The second-order valence-electron chi connectivity index (χ2n) is 17.7. The number of hydrogen-bond donors (Lipinski definition) is 7. The summed E-state index contributed by atoms with van der Waals surface area (Å²) in [5.74, 6) is 0.211. The van der Waals surface area contributed by atoms with E-state index in [1.165, 1.54) is 0 Å². The number of carbonyl (C=O) groups excluding carboxylic acids is 2. The Morgan fingerprint density at radius 2 is 1.09 bits per heavy atom. The molecule has 0 spiro atoms. The SMILES string of the molecule is NCCCCCCCOc1c(CCCCCCN)cc(NC(=O)c2cc(CCC(=O)NO)c(CCC(N)(c3ccccc3)c3ccccc3)n2Cc2ccccc2)cc1CCCCCCN. The van der Waals surface area contributed by atoms with Gasteiger partial charge in [-0.05, 0) is 142 Å². The molecule has 0 atom stereocenters. The number of anilines is 1. The van der Waals surface area contributed by atoms with Gasteiger partial charge < -0.3 is 37.6 Å². The lowest BCUT2D eigenvalue weighted by Gasteiger charge is -2.31. The Labute approximate surface area is 394 Å². The van der Waals surface area contributed by atoms with Gasteiger partial charge in [0.05, 0.1) is 12.1 Å². The van der Waals surface area contributed by atoms with Gasteiger partial charge in [0.25, 0.3) is 5.91 Å². The van der Waals surface area contributed by atoms with Gasteiger partial charge in [-0.3, -0.25) is 14.8 Å². The Balaban J connectivity index is 1.55. The van der Waals surface area contributed by atoms with Gasteiger partial charge in [-0.2, -0.15) is 0 Å². The number of aryl methyl sites for hydroxylation is 3. The van der Waals surface area contributed by atoms with E-state index < -0.39 is 11.4 Å². The van der Waals surface area contributed by atoms with Crippen molar-refractivity contribution in [3.8, 4) is 5.75 Å². The average Bonchev–Trinajstić information content (AvgIpc) is 3.69. The maximum atomic E-state index is 15.0. The molecule has 0 saturated carbocycles. The number of rotatable bonds is 32. The third-order valence-electron chi connectivity index (χ3n) is 12.7. The fourth-order valence-electron chi connectivity index (χ4n) is 8.99. The molecule has 0 radical (unpaired) electrons. The number of hydrogen-bond acceptors (Lipinski definition) is 8. The van der Waals surface area contributed by atoms with Gasteiger partial charge in [0, 0.05) is 24.3 Å². The standard InChI is InChI=1S/C55H77N7O4/c56-35-19-4-1-7-22-38-66-53-45(25-13-2-5-20-36-57)39-49(40-46(53)26-14-3-6-21-37-58)60-54(64)51-41-44(31-32-52(63)61-65)50(62(51)42-43-23-11-8-12-24-43)33-34-55(59,47-27-15-9-16-28-47)48-29-17-10-18-30-48/h8-12,15-18,23-24,27-30,39-41,65H,1-7,13-14,19-22,25-26,31-38,42,56-59H2,(H,60,64)(H,61,63). The average molecular weight is 900 g/mol. The minimum Gasteiger partial charge on any atom is -0.493 e. The topological polar surface area (TPSA) is 197 Å². The molecule has 0 fully saturated rings. The molecular weight excluding hydrogens is 823 g/mol. The predicted octanol–water partition coefficient (Wildman–Crippen LogP) is 9.47. The molecule has 5 aromatic rings. The first-order valence-electron chi connectivity index (χ1n) is 24.6. The molecule has 0 bridgehead atoms. The fraction of sp³-hybridized carbons (Fsp3) is 0.455. The second-order valence-corrected chi connectivity index (χ2v) is 17.7. The number of nitrogens with one attached hydrogen (secondary N) is 2. The van der Waals surface area contributed by atoms with Crippen molar-refractivity contribution in [1.82, 2.24) is 10.0 Å². The van der Waals surface area contributed by atoms with E-state index in [2.05, 4.69) is 58.4 Å². The summed E-state index contributed by atoms with van der Waals surface area (Å²) in [6, 6.07) is 36.5. The fourth-order valence-corrected chi connectivity index (χ4v) is 8.99. The third kappa shape index (κ3) is 15.9. The van der Waals surface area contributed by atoms with E-state index in [1.54, 1.807) is 5.48 Å². The third-order valence-corrected chi connectivity index (χ3v) is 12.7. The molecule has 4 aromatic carbocycles. The zero-order valence-electron chi connectivity index (χ0n) is 39.3. The highest BCUT2D eigenvalue weighted by Gasteiger charge is 2.31. The molecule has 1 aromatic heterocycles. The Hall–Kier alpha value is -5.30. The van der Waals surface area contributed by atoms with Crippen LogP contribution in [0.3, 0.4) is 0 Å². The summed E-state index contributed by atoms with van der Waals surface area (Å²) in [5.41, 5.74) is 34.0. The summed E-state index contributed by atoms with van der Waals surface area (Å²) in [7, 11) is 0. The molecule has 1 heterocycles. The first-order valence-corrected chi connectivity index (χ1v) is 24.6. The quantitative estimate of drug-likeness (QED) is 0.0126. The zero-order valence-corrected chi connectivity index (χ0v) is 39.3. The van der Waals surface area contributed by atoms with Crippen LogP contribution in [0.25, 0.3) is 0 Å². The van der Waals surface area contributed by atoms with Gasteiger partial charge in [0.1, 0.15) is 11.4 Å². The van der Waals surface area contributed by atoms with Crippen molar-refractivity contribution < 1.29 is 19.5 Å². The van der Waals surface area contributed by atoms with Gasteiger partial charge in [0.15, 0.2) is 0 Å². The van der Waals surface area contributed by atoms with E-state index in [-0.39, 0.29) is 12.3 Å². The summed E-state index contributed by atoms with van der Waals surface area (Å²) in [5, 5.41) is 12.8. The number of amides is 2. The van der Waals surface area contributed by atoms with Crippen LogP contribution in [-0.4, -0.2) is 47.8 Å². The highest BCUT2D eigenvalue weighted by atomic mass is 16.5. The van der Waals surface area contributed by atoms with Gasteiger partial charge in [-0.1, -0.05) is 136 Å². The number of benzene rings is 4. The summed E-state index contributed by atoms with van der Waals surface area (Å²) < 4.78 is 8.80. The van der Waals surface area contributed by atoms with Crippen molar-refractivity contribution >= 4 is 17.5 Å². The van der Waals surface area contributed by atoms with Crippen molar-refractivity contribution in [3.63, 3.8) is 0 Å². The number of aromatic nitrogens is 1. The predicted molar refractivity (Wildman–Crippen MR) is 269 cm³/mol. The lowest BCUT2D eigenvalue weighted by Crippen LogP contribution is -2.38. The number of ether oxygens (including phenoxy) is 1. The van der Waals surface area contributed by atoms with Crippen molar-refractivity contribution in [1.29, 1.82) is 0 Å². The summed E-state index contributed by atoms with van der Waals surface area (Å²) in [6.07, 6.45) is 16.7. The van der Waals surface area contributed by atoms with Crippen LogP contribution in [0.1, 0.15) is 146 Å². The molecule has 0 aliphatic carbocycles. The number of nitrogens with zero attached hydrogens (tertiary/aromatic N) is 1. The number of nitrogens with two attached hydrogens (primary N) is 4. The minimum atomic E-state index is -0.845. The molecule has 11 heteroatoms. The van der Waals surface area contributed by atoms with Crippen LogP contribution < -0.4 is 38.5 Å². The minimum absolute atomic E-state index is 0.0451. The maximum absolute atomic E-state index is 15.0. The Morgan fingerprint density at radius 3 is 1.62 bits per heavy atom. The van der Waals surface area contributed by atoms with Gasteiger partial charge >= 0.3 is 0 Å². The normalized spacial score (nSPS) is 11.5. The summed E-state index contributed by atoms with van der Waals surface area (Å²) in [6.45, 7) is 3.17. The van der Waals surface area contributed by atoms with E-state index in [9.17, 15) is 14.8 Å². The maximum Gasteiger partial charge on any atom is 0.272 e. The van der Waals surface area contributed by atoms with E-state index in [1.807, 2.05) is 60.7 Å². The monoisotopic (exact) mass is 900 g/mol. The largest absolute Gasteiger partial charge is 0.493 e. The van der Waals surface area contributed by atoms with E-state index in [0.29, 0.717) is 51.2 Å². The molecular formula is C55H77N7O4. The van der Waals surface area contributed by atoms with Gasteiger partial charge in [-0.15, -0.1) is 0 Å². The number of hydroxylamine groups is 1. The second kappa shape index (κ2) is 28.7. The Bertz CT molecular complexity index is 2090. The molecule has 356 valence electrons. The zero-order chi connectivity index (χ0) is 46.8. The van der Waals surface area contributed by atoms with Crippen LogP contribution >= 0.6 is 0 Å². The smallest absolute Gasteiger partial charge is 0.272 e. The summed E-state index contributed by atoms with van der Waals surface area (Å²) >= 11 is 0. The molecule has 66 heavy (non-hydrogen) atoms. The van der Waals surface area contributed by atoms with Gasteiger partial charge in [-0.25, -0.2) is 5.48 Å². The van der Waals surface area contributed by atoms with Crippen LogP contribution in [-0.2, 0) is 42.6 Å². The highest BCUT2D eigenvalue weighted by Crippen LogP contribution is 2.35. The lowest BCUT2D eigenvalue weighted by atomic mass is 9.79. The van der Waals surface area contributed by atoms with Crippen molar-refractivity contribution in [2.45, 2.75) is 134 Å². The molecule has 0 aliphatic rings. The molecule has 2 amide bonds. The Kier molecular flexibility index (Phi) is 22.5. The molecule has 0 unspecified atom stereocenters. The summed E-state index contributed by atoms with van der Waals surface area (Å²) in [4.78, 5) is 27.5. The van der Waals surface area contributed by atoms with E-state index in [4.69, 9.17) is 27.7 Å². The molecule has 0 aliphatic heterocycles. The van der Waals surface area contributed by atoms with Crippen LogP contribution in [0.2, 0.25) is 0 Å². The molecule has 11 N–H and O–H groups in total. The molecule has 5 rings (SSSR count). The van der Waals surface area contributed by atoms with Crippen LogP contribution in [0.15, 0.2) is 109 Å². The number of carbonyl (C=O) groups is 2. The van der Waals surface area contributed by atoms with Crippen LogP contribution in [0, 0.1) is 0 Å². The van der Waals surface area contributed by atoms with Crippen LogP contribution in [0.4, 0.5) is 5.69 Å². The number of unbranched alkanes of at least 4 members (excludes halogenated alkanes) is 10. The lowest BCUT2D eigenvalue weighted by molar-refractivity contribution is -0.129. The van der Waals surface area contributed by atoms with Crippen molar-refractivity contribution in [3.05, 3.63) is 154 Å². The van der Waals surface area contributed by atoms with Gasteiger partial charge in [0.2, 0.25) is 5.91 Å². The molecule has 11 nitrogen and oxygen atoms in total. The van der Waals surface area contributed by atoms with E-state index in [0.717, 1.165) is 153 Å². The Morgan fingerprint density at radius 1 is 0.591 bits per heavy atom. The first-order chi connectivity index (χ1) is 32.3. The highest BCUT2D eigenvalue weighted by molar-refractivity contribution is 6.03. The van der Waals surface area contributed by atoms with Crippen molar-refractivity contribution in [2.24, 2.45) is 22.9 Å². The first kappa shape index (κ1) is 51.7. The van der Waals surface area contributed by atoms with E-state index >= 15 is 0 Å². The van der Waals surface area contributed by atoms with Crippen LogP contribution in [0.5, 0.6) is 5.75 Å². The molecule has 0 saturated heterocycles.